The number of nitrogens with one attached hydrogen (secondary N) is 3. The standard InChI is InChI=1S/C20H25N3O4S/c1-4-21-19(24)15(3)23-20(25)17-11-10-14(2)18(12-17)28(26,27)22-13-16-8-6-5-7-9-16/h5-12,15,22H,4,13H2,1-3H3,(H,21,24)(H,23,25). The smallest absolute Gasteiger partial charge is 0.251 e. The van der Waals surface area contributed by atoms with Gasteiger partial charge in [0.1, 0.15) is 6.04 Å². The summed E-state index contributed by atoms with van der Waals surface area (Å²) in [6.07, 6.45) is 0. The van der Waals surface area contributed by atoms with E-state index in [0.29, 0.717) is 12.1 Å². The third-order valence-corrected chi connectivity index (χ3v) is 5.68. The third kappa shape index (κ3) is 5.64. The van der Waals surface area contributed by atoms with Gasteiger partial charge in [0, 0.05) is 18.7 Å². The summed E-state index contributed by atoms with van der Waals surface area (Å²) in [4.78, 5) is 24.2. The minimum absolute atomic E-state index is 0.0294. The molecule has 1 unspecified atom stereocenters. The SMILES string of the molecule is CCNC(=O)C(C)NC(=O)c1ccc(C)c(S(=O)(=O)NCc2ccccc2)c1. The highest BCUT2D eigenvalue weighted by molar-refractivity contribution is 7.89. The number of rotatable bonds is 8. The fourth-order valence-corrected chi connectivity index (χ4v) is 3.84. The molecule has 0 aliphatic rings. The maximum absolute atomic E-state index is 12.7. The first-order chi connectivity index (χ1) is 13.2. The molecule has 0 aromatic heterocycles. The number of carbonyl (C=O) groups excluding carboxylic acids is 2. The van der Waals surface area contributed by atoms with Gasteiger partial charge in [0.25, 0.3) is 5.91 Å². The molecule has 2 amide bonds. The highest BCUT2D eigenvalue weighted by Gasteiger charge is 2.21. The summed E-state index contributed by atoms with van der Waals surface area (Å²) < 4.78 is 28.0. The van der Waals surface area contributed by atoms with E-state index in [2.05, 4.69) is 15.4 Å². The number of hydrogen-bond acceptors (Lipinski definition) is 4. The topological polar surface area (TPSA) is 104 Å². The number of benzene rings is 2. The molecule has 0 heterocycles. The number of carbonyl (C=O) groups is 2. The summed E-state index contributed by atoms with van der Waals surface area (Å²) in [5.74, 6) is -0.821. The molecule has 2 rings (SSSR count). The molecule has 1 atom stereocenters. The molecule has 2 aromatic carbocycles. The molecule has 2 aromatic rings. The molecule has 0 bridgehead atoms. The Balaban J connectivity index is 2.17. The van der Waals surface area contributed by atoms with E-state index in [-0.39, 0.29) is 22.9 Å². The predicted molar refractivity (Wildman–Crippen MR) is 107 cm³/mol. The molecule has 150 valence electrons. The van der Waals surface area contributed by atoms with E-state index < -0.39 is 22.0 Å². The van der Waals surface area contributed by atoms with Crippen LogP contribution in [0, 0.1) is 6.92 Å². The van der Waals surface area contributed by atoms with Crippen LogP contribution in [-0.4, -0.2) is 32.8 Å². The zero-order chi connectivity index (χ0) is 20.7. The van der Waals surface area contributed by atoms with E-state index in [9.17, 15) is 18.0 Å². The second-order valence-electron chi connectivity index (χ2n) is 6.38. The zero-order valence-corrected chi connectivity index (χ0v) is 17.0. The number of likely N-dealkylation sites (N-methyl/N-ethyl adjacent to an activating group) is 1. The molecule has 8 heteroatoms. The Bertz CT molecular complexity index is 943. The van der Waals surface area contributed by atoms with Crippen LogP contribution in [0.1, 0.15) is 35.3 Å². The highest BCUT2D eigenvalue weighted by Crippen LogP contribution is 2.18. The van der Waals surface area contributed by atoms with E-state index in [4.69, 9.17) is 0 Å². The van der Waals surface area contributed by atoms with Crippen molar-refractivity contribution in [2.75, 3.05) is 6.54 Å². The Morgan fingerprint density at radius 3 is 2.39 bits per heavy atom. The molecule has 0 fully saturated rings. The fraction of sp³-hybridized carbons (Fsp3) is 0.300. The minimum Gasteiger partial charge on any atom is -0.355 e. The average Bonchev–Trinajstić information content (AvgIpc) is 2.67. The van der Waals surface area contributed by atoms with Crippen LogP contribution in [0.25, 0.3) is 0 Å². The van der Waals surface area contributed by atoms with E-state index in [1.165, 1.54) is 12.1 Å². The van der Waals surface area contributed by atoms with Gasteiger partial charge in [-0.3, -0.25) is 9.59 Å². The number of hydrogen-bond donors (Lipinski definition) is 3. The first-order valence-corrected chi connectivity index (χ1v) is 10.5. The van der Waals surface area contributed by atoms with Gasteiger partial charge in [0.05, 0.1) is 4.90 Å². The van der Waals surface area contributed by atoms with Gasteiger partial charge in [-0.05, 0) is 44.0 Å². The number of amides is 2. The molecular weight excluding hydrogens is 378 g/mol. The molecule has 3 N–H and O–H groups in total. The first-order valence-electron chi connectivity index (χ1n) is 8.97. The molecule has 0 radical (unpaired) electrons. The lowest BCUT2D eigenvalue weighted by molar-refractivity contribution is -0.122. The summed E-state index contributed by atoms with van der Waals surface area (Å²) in [6, 6.07) is 12.8. The third-order valence-electron chi connectivity index (χ3n) is 4.14. The Hall–Kier alpha value is -2.71. The normalized spacial score (nSPS) is 12.2. The molecule has 0 saturated heterocycles. The number of aryl methyl sites for hydroxylation is 1. The van der Waals surface area contributed by atoms with Crippen LogP contribution in [0.4, 0.5) is 0 Å². The molecule has 0 aliphatic heterocycles. The van der Waals surface area contributed by atoms with Crippen molar-refractivity contribution in [3.8, 4) is 0 Å². The van der Waals surface area contributed by atoms with Gasteiger partial charge in [0.2, 0.25) is 15.9 Å². The van der Waals surface area contributed by atoms with Crippen LogP contribution in [0.3, 0.4) is 0 Å². The van der Waals surface area contributed by atoms with Crippen LogP contribution < -0.4 is 15.4 Å². The van der Waals surface area contributed by atoms with Gasteiger partial charge in [0.15, 0.2) is 0 Å². The van der Waals surface area contributed by atoms with Crippen molar-refractivity contribution < 1.29 is 18.0 Å². The van der Waals surface area contributed by atoms with Gasteiger partial charge in [-0.25, -0.2) is 13.1 Å². The Morgan fingerprint density at radius 2 is 1.75 bits per heavy atom. The van der Waals surface area contributed by atoms with Crippen LogP contribution in [-0.2, 0) is 21.4 Å². The molecule has 0 saturated carbocycles. The summed E-state index contributed by atoms with van der Waals surface area (Å²) in [5, 5.41) is 5.19. The lowest BCUT2D eigenvalue weighted by Gasteiger charge is -2.15. The van der Waals surface area contributed by atoms with Crippen molar-refractivity contribution in [3.05, 3.63) is 65.2 Å². The molecular formula is C20H25N3O4S. The van der Waals surface area contributed by atoms with E-state index in [0.717, 1.165) is 5.56 Å². The largest absolute Gasteiger partial charge is 0.355 e. The van der Waals surface area contributed by atoms with Crippen molar-refractivity contribution >= 4 is 21.8 Å². The predicted octanol–water partition coefficient (Wildman–Crippen LogP) is 1.73. The van der Waals surface area contributed by atoms with Crippen molar-refractivity contribution in [1.29, 1.82) is 0 Å². The lowest BCUT2D eigenvalue weighted by Crippen LogP contribution is -2.44. The van der Waals surface area contributed by atoms with Gasteiger partial charge in [-0.1, -0.05) is 36.4 Å². The molecule has 28 heavy (non-hydrogen) atoms. The average molecular weight is 404 g/mol. The number of sulfonamides is 1. The second-order valence-corrected chi connectivity index (χ2v) is 8.12. The summed E-state index contributed by atoms with van der Waals surface area (Å²) in [5.41, 5.74) is 1.52. The maximum Gasteiger partial charge on any atom is 0.251 e. The van der Waals surface area contributed by atoms with Crippen LogP contribution in [0.5, 0.6) is 0 Å². The molecule has 0 spiro atoms. The van der Waals surface area contributed by atoms with E-state index >= 15 is 0 Å². The van der Waals surface area contributed by atoms with E-state index in [1.54, 1.807) is 26.8 Å². The van der Waals surface area contributed by atoms with Gasteiger partial charge >= 0.3 is 0 Å². The quantitative estimate of drug-likeness (QED) is 0.624. The monoisotopic (exact) mass is 403 g/mol. The Morgan fingerprint density at radius 1 is 1.07 bits per heavy atom. The van der Waals surface area contributed by atoms with Crippen LogP contribution in [0.2, 0.25) is 0 Å². The Labute approximate surface area is 165 Å². The zero-order valence-electron chi connectivity index (χ0n) is 16.2. The maximum atomic E-state index is 12.7. The molecule has 0 aliphatic carbocycles. The summed E-state index contributed by atoms with van der Waals surface area (Å²) in [7, 11) is -3.81. The van der Waals surface area contributed by atoms with Crippen LogP contribution >= 0.6 is 0 Å². The van der Waals surface area contributed by atoms with Crippen molar-refractivity contribution in [3.63, 3.8) is 0 Å². The van der Waals surface area contributed by atoms with Gasteiger partial charge in [-0.2, -0.15) is 0 Å². The summed E-state index contributed by atoms with van der Waals surface area (Å²) in [6.45, 7) is 5.62. The minimum atomic E-state index is -3.81. The lowest BCUT2D eigenvalue weighted by atomic mass is 10.1. The van der Waals surface area contributed by atoms with Crippen molar-refractivity contribution in [2.24, 2.45) is 0 Å². The van der Waals surface area contributed by atoms with Crippen molar-refractivity contribution in [1.82, 2.24) is 15.4 Å². The van der Waals surface area contributed by atoms with Gasteiger partial charge < -0.3 is 10.6 Å². The second kappa shape index (κ2) is 9.48. The highest BCUT2D eigenvalue weighted by atomic mass is 32.2. The summed E-state index contributed by atoms with van der Waals surface area (Å²) >= 11 is 0. The fourth-order valence-electron chi connectivity index (χ4n) is 2.56. The van der Waals surface area contributed by atoms with Crippen LogP contribution in [0.15, 0.2) is 53.4 Å². The molecule has 7 nitrogen and oxygen atoms in total. The Kier molecular flexibility index (Phi) is 7.31. The van der Waals surface area contributed by atoms with E-state index in [1.807, 2.05) is 30.3 Å². The first kappa shape index (κ1) is 21.6. The van der Waals surface area contributed by atoms with Gasteiger partial charge in [-0.15, -0.1) is 0 Å². The van der Waals surface area contributed by atoms with Crippen molar-refractivity contribution in [2.45, 2.75) is 38.3 Å².